The molecule has 0 saturated heterocycles. The number of nitrogens with zero attached hydrogens (tertiary/aromatic N) is 5. The van der Waals surface area contributed by atoms with Crippen LogP contribution in [0.25, 0.3) is 17.0 Å². The van der Waals surface area contributed by atoms with Crippen LogP contribution in [0.15, 0.2) is 36.8 Å². The molecular weight excluding hydrogens is 233 g/mol. The number of fused-ring (bicyclic) bond motifs is 1. The fraction of sp³-hybridized carbons (Fsp3) is 0. The van der Waals surface area contributed by atoms with Gasteiger partial charge in [0.1, 0.15) is 12.1 Å². The lowest BCUT2D eigenvalue weighted by Gasteiger charge is -2.05. The van der Waals surface area contributed by atoms with E-state index in [1.54, 1.807) is 18.2 Å². The third-order valence-electron chi connectivity index (χ3n) is 2.55. The fourth-order valence-electron chi connectivity index (χ4n) is 1.73. The van der Waals surface area contributed by atoms with Gasteiger partial charge >= 0.3 is 0 Å². The summed E-state index contributed by atoms with van der Waals surface area (Å²) in [5.41, 5.74) is 1.17. The van der Waals surface area contributed by atoms with Crippen LogP contribution in [0.4, 0.5) is 4.39 Å². The zero-order chi connectivity index (χ0) is 12.5. The van der Waals surface area contributed by atoms with Crippen LogP contribution in [0.3, 0.4) is 0 Å². The minimum Gasteiger partial charge on any atom is -0.220 e. The molecule has 18 heavy (non-hydrogen) atoms. The Morgan fingerprint density at radius 2 is 2.11 bits per heavy atom. The highest BCUT2D eigenvalue weighted by molar-refractivity contribution is 5.63. The third kappa shape index (κ3) is 1.50. The number of rotatable bonds is 1. The number of benzene rings is 1. The maximum Gasteiger partial charge on any atom is 0.252 e. The van der Waals surface area contributed by atoms with Gasteiger partial charge in [-0.25, -0.2) is 9.37 Å². The van der Waals surface area contributed by atoms with Gasteiger partial charge in [0.2, 0.25) is 0 Å². The summed E-state index contributed by atoms with van der Waals surface area (Å²) >= 11 is 0. The lowest BCUT2D eigenvalue weighted by molar-refractivity contribution is 0.629. The van der Waals surface area contributed by atoms with Crippen molar-refractivity contribution in [2.45, 2.75) is 0 Å². The zero-order valence-corrected chi connectivity index (χ0v) is 9.08. The number of aromatic nitrogens is 4. The molecule has 0 unspecified atom stereocenters. The summed E-state index contributed by atoms with van der Waals surface area (Å²) in [6.07, 6.45) is 2.89. The summed E-state index contributed by atoms with van der Waals surface area (Å²) in [5.74, 6) is -0.0756. The third-order valence-corrected chi connectivity index (χ3v) is 2.55. The van der Waals surface area contributed by atoms with E-state index in [9.17, 15) is 4.39 Å². The van der Waals surface area contributed by atoms with Crippen LogP contribution in [0.1, 0.15) is 5.56 Å². The maximum atomic E-state index is 13.9. The molecule has 0 radical (unpaired) electrons. The highest BCUT2D eigenvalue weighted by Crippen LogP contribution is 2.22. The van der Waals surface area contributed by atoms with E-state index >= 15 is 0 Å². The maximum absolute atomic E-state index is 13.9. The van der Waals surface area contributed by atoms with Crippen molar-refractivity contribution < 1.29 is 4.39 Å². The van der Waals surface area contributed by atoms with Crippen LogP contribution >= 0.6 is 0 Å². The smallest absolute Gasteiger partial charge is 0.220 e. The predicted octanol–water partition coefficient (Wildman–Crippen LogP) is 1.80. The normalized spacial score (nSPS) is 10.4. The molecule has 0 spiro atoms. The molecule has 0 aliphatic carbocycles. The topological polar surface area (TPSA) is 66.9 Å². The van der Waals surface area contributed by atoms with Gasteiger partial charge in [0, 0.05) is 11.8 Å². The molecule has 2 aromatic heterocycles. The van der Waals surface area contributed by atoms with Gasteiger partial charge in [0.05, 0.1) is 17.3 Å². The quantitative estimate of drug-likeness (QED) is 0.649. The van der Waals surface area contributed by atoms with Crippen LogP contribution in [-0.4, -0.2) is 19.6 Å². The molecule has 0 amide bonds. The molecule has 3 rings (SSSR count). The van der Waals surface area contributed by atoms with Crippen LogP contribution in [0, 0.1) is 17.1 Å². The van der Waals surface area contributed by atoms with Gasteiger partial charge in [-0.3, -0.25) is 0 Å². The largest absolute Gasteiger partial charge is 0.252 e. The highest BCUT2D eigenvalue weighted by atomic mass is 19.1. The van der Waals surface area contributed by atoms with Crippen LogP contribution in [0.5, 0.6) is 0 Å². The average Bonchev–Trinajstić information content (AvgIpc) is 2.87. The SMILES string of the molecule is N#Cc1ccc(-c2ccnc3ncnn23)c(F)c1. The Morgan fingerprint density at radius 3 is 2.89 bits per heavy atom. The van der Waals surface area contributed by atoms with Crippen LogP contribution in [0.2, 0.25) is 0 Å². The Hall–Kier alpha value is -2.81. The minimum atomic E-state index is -0.475. The first-order valence-corrected chi connectivity index (χ1v) is 5.14. The average molecular weight is 239 g/mol. The second kappa shape index (κ2) is 3.89. The number of hydrogen-bond acceptors (Lipinski definition) is 4. The van der Waals surface area contributed by atoms with Gasteiger partial charge in [-0.1, -0.05) is 0 Å². The fourth-order valence-corrected chi connectivity index (χ4v) is 1.73. The van der Waals surface area contributed by atoms with E-state index in [0.29, 0.717) is 17.0 Å². The molecule has 6 heteroatoms. The van der Waals surface area contributed by atoms with E-state index in [1.807, 2.05) is 6.07 Å². The van der Waals surface area contributed by atoms with Crippen LogP contribution < -0.4 is 0 Å². The van der Waals surface area contributed by atoms with Crippen molar-refractivity contribution in [2.75, 3.05) is 0 Å². The van der Waals surface area contributed by atoms with Crippen molar-refractivity contribution in [1.29, 1.82) is 5.26 Å². The van der Waals surface area contributed by atoms with E-state index in [-0.39, 0.29) is 5.56 Å². The first-order valence-electron chi connectivity index (χ1n) is 5.14. The van der Waals surface area contributed by atoms with Gasteiger partial charge in [0.25, 0.3) is 5.78 Å². The van der Waals surface area contributed by atoms with E-state index in [2.05, 4.69) is 15.1 Å². The molecule has 1 aromatic carbocycles. The number of halogens is 1. The number of nitriles is 1. The molecule has 0 atom stereocenters. The standard InChI is InChI=1S/C12H6FN5/c13-10-5-8(6-14)1-2-9(10)11-3-4-15-12-16-7-17-18(11)12/h1-5,7H. The van der Waals surface area contributed by atoms with Gasteiger partial charge in [-0.15, -0.1) is 0 Å². The summed E-state index contributed by atoms with van der Waals surface area (Å²) in [4.78, 5) is 7.94. The first kappa shape index (κ1) is 10.4. The molecule has 0 saturated carbocycles. The van der Waals surface area contributed by atoms with E-state index in [4.69, 9.17) is 5.26 Å². The molecule has 0 fully saturated rings. The molecule has 5 nitrogen and oxygen atoms in total. The highest BCUT2D eigenvalue weighted by Gasteiger charge is 2.10. The zero-order valence-electron chi connectivity index (χ0n) is 9.08. The number of hydrogen-bond donors (Lipinski definition) is 0. The van der Waals surface area contributed by atoms with Crippen molar-refractivity contribution in [3.8, 4) is 17.3 Å². The second-order valence-electron chi connectivity index (χ2n) is 3.61. The second-order valence-corrected chi connectivity index (χ2v) is 3.61. The Balaban J connectivity index is 2.27. The molecule has 0 aliphatic heterocycles. The van der Waals surface area contributed by atoms with E-state index in [1.165, 1.54) is 23.1 Å². The van der Waals surface area contributed by atoms with Gasteiger partial charge in [-0.05, 0) is 24.3 Å². The van der Waals surface area contributed by atoms with Gasteiger partial charge in [0.15, 0.2) is 0 Å². The minimum absolute atomic E-state index is 0.278. The van der Waals surface area contributed by atoms with Gasteiger partial charge < -0.3 is 0 Å². The van der Waals surface area contributed by atoms with Crippen molar-refractivity contribution in [2.24, 2.45) is 0 Å². The lowest BCUT2D eigenvalue weighted by atomic mass is 10.1. The van der Waals surface area contributed by atoms with Crippen molar-refractivity contribution in [1.82, 2.24) is 19.6 Å². The molecule has 0 aliphatic rings. The predicted molar refractivity (Wildman–Crippen MR) is 60.9 cm³/mol. The molecule has 0 bridgehead atoms. The summed E-state index contributed by atoms with van der Waals surface area (Å²) < 4.78 is 15.4. The molecule has 3 aromatic rings. The van der Waals surface area contributed by atoms with Crippen molar-refractivity contribution >= 4 is 5.78 Å². The Morgan fingerprint density at radius 1 is 1.22 bits per heavy atom. The van der Waals surface area contributed by atoms with Gasteiger partial charge in [-0.2, -0.15) is 19.9 Å². The van der Waals surface area contributed by atoms with Crippen LogP contribution in [-0.2, 0) is 0 Å². The molecule has 2 heterocycles. The lowest BCUT2D eigenvalue weighted by Crippen LogP contribution is -1.97. The summed E-state index contributed by atoms with van der Waals surface area (Å²) in [7, 11) is 0. The van der Waals surface area contributed by atoms with E-state index < -0.39 is 5.82 Å². The van der Waals surface area contributed by atoms with Crippen molar-refractivity contribution in [3.05, 3.63) is 48.2 Å². The van der Waals surface area contributed by atoms with E-state index in [0.717, 1.165) is 0 Å². The monoisotopic (exact) mass is 239 g/mol. The summed E-state index contributed by atoms with van der Waals surface area (Å²) in [6, 6.07) is 7.83. The molecule has 86 valence electrons. The Labute approximate surface area is 101 Å². The molecular formula is C12H6FN5. The Kier molecular flexibility index (Phi) is 2.24. The summed E-state index contributed by atoms with van der Waals surface area (Å²) in [6.45, 7) is 0. The Bertz CT molecular complexity index is 771. The first-order chi connectivity index (χ1) is 8.79. The van der Waals surface area contributed by atoms with Crippen molar-refractivity contribution in [3.63, 3.8) is 0 Å². The molecule has 0 N–H and O–H groups in total. The summed E-state index contributed by atoms with van der Waals surface area (Å²) in [5, 5.41) is 12.7.